The van der Waals surface area contributed by atoms with Crippen molar-refractivity contribution < 1.29 is 9.90 Å². The molecule has 1 aliphatic rings. The molecule has 4 heteroatoms. The van der Waals surface area contributed by atoms with Crippen LogP contribution in [0.1, 0.15) is 32.6 Å². The van der Waals surface area contributed by atoms with E-state index in [1.54, 1.807) is 0 Å². The summed E-state index contributed by atoms with van der Waals surface area (Å²) in [5, 5.41) is 12.0. The number of aliphatic carboxylic acids is 1. The maximum absolute atomic E-state index is 10.7. The summed E-state index contributed by atoms with van der Waals surface area (Å²) in [6.07, 6.45) is 4.90. The molecule has 2 N–H and O–H groups in total. The molecule has 0 bridgehead atoms. The quantitative estimate of drug-likeness (QED) is 0.709. The number of nitrogens with one attached hydrogen (secondary N) is 1. The number of hydrogen-bond acceptors (Lipinski definition) is 3. The third kappa shape index (κ3) is 3.82. The summed E-state index contributed by atoms with van der Waals surface area (Å²) in [7, 11) is 4.23. The van der Waals surface area contributed by atoms with Crippen molar-refractivity contribution in [3.05, 3.63) is 12.2 Å². The molecule has 1 rings (SSSR count). The minimum Gasteiger partial charge on any atom is -0.478 e. The van der Waals surface area contributed by atoms with Crippen LogP contribution in [0.4, 0.5) is 0 Å². The average molecular weight is 254 g/mol. The second-order valence-electron chi connectivity index (χ2n) is 5.83. The maximum Gasteiger partial charge on any atom is 0.332 e. The zero-order valence-corrected chi connectivity index (χ0v) is 11.8. The normalized spacial score (nSPS) is 28.3. The van der Waals surface area contributed by atoms with Crippen LogP contribution in [0.25, 0.3) is 0 Å². The molecule has 18 heavy (non-hydrogen) atoms. The Labute approximate surface area is 110 Å². The standard InChI is InChI=1S/C14H26N2O2/c1-11-6-5-7-14(8-11,16(3)4)10-15-9-12(2)13(17)18/h11,15H,2,5-10H2,1,3-4H3,(H,17,18). The minimum atomic E-state index is -0.918. The van der Waals surface area contributed by atoms with Crippen LogP contribution in [0.3, 0.4) is 0 Å². The van der Waals surface area contributed by atoms with E-state index in [0.29, 0.717) is 6.54 Å². The van der Waals surface area contributed by atoms with E-state index in [1.165, 1.54) is 25.7 Å². The fourth-order valence-corrected chi connectivity index (χ4v) is 2.88. The molecule has 0 heterocycles. The predicted molar refractivity (Wildman–Crippen MR) is 73.7 cm³/mol. The van der Waals surface area contributed by atoms with Crippen molar-refractivity contribution in [3.8, 4) is 0 Å². The van der Waals surface area contributed by atoms with Gasteiger partial charge in [-0.05, 0) is 32.9 Å². The van der Waals surface area contributed by atoms with Gasteiger partial charge in [-0.1, -0.05) is 26.3 Å². The Morgan fingerprint density at radius 1 is 1.56 bits per heavy atom. The summed E-state index contributed by atoms with van der Waals surface area (Å²) in [5.74, 6) is -0.177. The minimum absolute atomic E-state index is 0.163. The van der Waals surface area contributed by atoms with E-state index >= 15 is 0 Å². The van der Waals surface area contributed by atoms with Gasteiger partial charge in [0.1, 0.15) is 0 Å². The molecule has 0 aromatic rings. The van der Waals surface area contributed by atoms with Crippen LogP contribution in [-0.4, -0.2) is 48.7 Å². The summed E-state index contributed by atoms with van der Waals surface area (Å²) in [6, 6.07) is 0. The molecule has 2 unspecified atom stereocenters. The smallest absolute Gasteiger partial charge is 0.332 e. The number of carbonyl (C=O) groups is 1. The van der Waals surface area contributed by atoms with Crippen molar-refractivity contribution in [2.75, 3.05) is 27.2 Å². The first kappa shape index (κ1) is 15.2. The molecule has 1 aliphatic carbocycles. The van der Waals surface area contributed by atoms with Gasteiger partial charge in [0, 0.05) is 24.2 Å². The van der Waals surface area contributed by atoms with E-state index in [2.05, 4.69) is 37.8 Å². The Bertz CT molecular complexity index is 315. The molecule has 0 aromatic heterocycles. The van der Waals surface area contributed by atoms with Crippen LogP contribution >= 0.6 is 0 Å². The molecule has 0 aliphatic heterocycles. The Balaban J connectivity index is 2.53. The van der Waals surface area contributed by atoms with Crippen LogP contribution in [0.5, 0.6) is 0 Å². The summed E-state index contributed by atoms with van der Waals surface area (Å²) >= 11 is 0. The number of rotatable bonds is 6. The van der Waals surface area contributed by atoms with Gasteiger partial charge in [0.2, 0.25) is 0 Å². The second kappa shape index (κ2) is 6.34. The fraction of sp³-hybridized carbons (Fsp3) is 0.786. The maximum atomic E-state index is 10.7. The highest BCUT2D eigenvalue weighted by Gasteiger charge is 2.36. The highest BCUT2D eigenvalue weighted by atomic mass is 16.4. The number of carboxylic acids is 1. The van der Waals surface area contributed by atoms with Crippen molar-refractivity contribution in [2.45, 2.75) is 38.1 Å². The molecule has 0 spiro atoms. The monoisotopic (exact) mass is 254 g/mol. The summed E-state index contributed by atoms with van der Waals surface area (Å²) in [6.45, 7) is 7.03. The Kier molecular flexibility index (Phi) is 5.35. The van der Waals surface area contributed by atoms with Crippen LogP contribution in [0.15, 0.2) is 12.2 Å². The number of carboxylic acid groups (broad SMARTS) is 1. The van der Waals surface area contributed by atoms with Crippen molar-refractivity contribution in [3.63, 3.8) is 0 Å². The first-order valence-corrected chi connectivity index (χ1v) is 6.66. The average Bonchev–Trinajstić information content (AvgIpc) is 2.28. The molecule has 0 aromatic carbocycles. The van der Waals surface area contributed by atoms with E-state index in [4.69, 9.17) is 5.11 Å². The Morgan fingerprint density at radius 3 is 2.72 bits per heavy atom. The first-order valence-electron chi connectivity index (χ1n) is 6.66. The van der Waals surface area contributed by atoms with Gasteiger partial charge in [-0.15, -0.1) is 0 Å². The Morgan fingerprint density at radius 2 is 2.22 bits per heavy atom. The van der Waals surface area contributed by atoms with Gasteiger partial charge in [-0.25, -0.2) is 4.79 Å². The molecule has 0 amide bonds. The molecular formula is C14H26N2O2. The van der Waals surface area contributed by atoms with Gasteiger partial charge in [0.05, 0.1) is 0 Å². The van der Waals surface area contributed by atoms with Gasteiger partial charge in [-0.3, -0.25) is 0 Å². The molecular weight excluding hydrogens is 228 g/mol. The van der Waals surface area contributed by atoms with Crippen molar-refractivity contribution >= 4 is 5.97 Å². The van der Waals surface area contributed by atoms with Crippen molar-refractivity contribution in [2.24, 2.45) is 5.92 Å². The van der Waals surface area contributed by atoms with E-state index in [9.17, 15) is 4.79 Å². The van der Waals surface area contributed by atoms with E-state index in [-0.39, 0.29) is 11.1 Å². The van der Waals surface area contributed by atoms with Crippen LogP contribution in [0, 0.1) is 5.92 Å². The number of likely N-dealkylation sites (N-methyl/N-ethyl adjacent to an activating group) is 1. The lowest BCUT2D eigenvalue weighted by atomic mass is 9.75. The van der Waals surface area contributed by atoms with Crippen molar-refractivity contribution in [1.82, 2.24) is 10.2 Å². The van der Waals surface area contributed by atoms with Crippen LogP contribution in [0.2, 0.25) is 0 Å². The summed E-state index contributed by atoms with van der Waals surface area (Å²) < 4.78 is 0. The number of hydrogen-bond donors (Lipinski definition) is 2. The lowest BCUT2D eigenvalue weighted by Crippen LogP contribution is -2.54. The fourth-order valence-electron chi connectivity index (χ4n) is 2.88. The highest BCUT2D eigenvalue weighted by molar-refractivity contribution is 5.86. The van der Waals surface area contributed by atoms with Gasteiger partial charge in [-0.2, -0.15) is 0 Å². The van der Waals surface area contributed by atoms with E-state index in [1.807, 2.05) is 0 Å². The first-order chi connectivity index (χ1) is 8.37. The van der Waals surface area contributed by atoms with Gasteiger partial charge < -0.3 is 15.3 Å². The Hall–Kier alpha value is -0.870. The summed E-state index contributed by atoms with van der Waals surface area (Å²) in [5.41, 5.74) is 0.393. The predicted octanol–water partition coefficient (Wildman–Crippen LogP) is 1.73. The molecule has 4 nitrogen and oxygen atoms in total. The molecule has 0 saturated heterocycles. The van der Waals surface area contributed by atoms with Gasteiger partial charge in [0.15, 0.2) is 0 Å². The van der Waals surface area contributed by atoms with E-state index < -0.39 is 5.97 Å². The second-order valence-corrected chi connectivity index (χ2v) is 5.83. The zero-order valence-electron chi connectivity index (χ0n) is 11.8. The molecule has 104 valence electrons. The SMILES string of the molecule is C=C(CNCC1(N(C)C)CCCC(C)C1)C(=O)O. The third-order valence-corrected chi connectivity index (χ3v) is 4.11. The van der Waals surface area contributed by atoms with Crippen molar-refractivity contribution in [1.29, 1.82) is 0 Å². The highest BCUT2D eigenvalue weighted by Crippen LogP contribution is 2.35. The van der Waals surface area contributed by atoms with Crippen LogP contribution < -0.4 is 5.32 Å². The number of nitrogens with zero attached hydrogens (tertiary/aromatic N) is 1. The van der Waals surface area contributed by atoms with Gasteiger partial charge >= 0.3 is 5.97 Å². The summed E-state index contributed by atoms with van der Waals surface area (Å²) in [4.78, 5) is 13.0. The lowest BCUT2D eigenvalue weighted by molar-refractivity contribution is -0.132. The third-order valence-electron chi connectivity index (χ3n) is 4.11. The molecule has 2 atom stereocenters. The largest absolute Gasteiger partial charge is 0.478 e. The van der Waals surface area contributed by atoms with Crippen LogP contribution in [-0.2, 0) is 4.79 Å². The topological polar surface area (TPSA) is 52.6 Å². The van der Waals surface area contributed by atoms with Gasteiger partial charge in [0.25, 0.3) is 0 Å². The van der Waals surface area contributed by atoms with E-state index in [0.717, 1.165) is 12.5 Å². The molecule has 1 saturated carbocycles. The molecule has 0 radical (unpaired) electrons. The lowest BCUT2D eigenvalue weighted by Gasteiger charge is -2.45. The zero-order chi connectivity index (χ0) is 13.8. The molecule has 1 fully saturated rings.